The van der Waals surface area contributed by atoms with E-state index in [1.54, 1.807) is 0 Å². The van der Waals surface area contributed by atoms with Gasteiger partial charge in [-0.2, -0.15) is 0 Å². The molecule has 2 rings (SSSR count). The van der Waals surface area contributed by atoms with Crippen molar-refractivity contribution in [3.8, 4) is 0 Å². The van der Waals surface area contributed by atoms with Crippen LogP contribution in [0.3, 0.4) is 0 Å². The normalized spacial score (nSPS) is 14.4. The minimum atomic E-state index is -0.150. The highest BCUT2D eigenvalue weighted by Gasteiger charge is 2.19. The lowest BCUT2D eigenvalue weighted by atomic mass is 10.0. The van der Waals surface area contributed by atoms with Crippen LogP contribution in [-0.2, 0) is 16.0 Å². The van der Waals surface area contributed by atoms with Gasteiger partial charge in [-0.15, -0.1) is 0 Å². The molecule has 0 spiro atoms. The first kappa shape index (κ1) is 12.4. The van der Waals surface area contributed by atoms with Gasteiger partial charge in [-0.25, -0.2) is 0 Å². The Balaban J connectivity index is 2.14. The topological polar surface area (TPSA) is 29.5 Å². The first-order valence-corrected chi connectivity index (χ1v) is 6.69. The van der Waals surface area contributed by atoms with Gasteiger partial charge in [0.1, 0.15) is 6.54 Å². The van der Waals surface area contributed by atoms with E-state index < -0.39 is 0 Å². The van der Waals surface area contributed by atoms with Crippen molar-refractivity contribution in [3.63, 3.8) is 0 Å². The summed E-state index contributed by atoms with van der Waals surface area (Å²) in [4.78, 5) is 13.6. The number of nitrogens with zero attached hydrogens (tertiary/aromatic N) is 1. The van der Waals surface area contributed by atoms with Crippen molar-refractivity contribution in [1.29, 1.82) is 0 Å². The summed E-state index contributed by atoms with van der Waals surface area (Å²) < 4.78 is 6.09. The summed E-state index contributed by atoms with van der Waals surface area (Å²) in [5.41, 5.74) is 2.46. The summed E-state index contributed by atoms with van der Waals surface area (Å²) in [7, 11) is 0. The standard InChI is InChI=1S/C13H16BrNO2/c1-2-17-13(16)9-15-7-3-4-10-8-11(14)5-6-12(10)15/h5-6,8H,2-4,7,9H2,1H3. The van der Waals surface area contributed by atoms with Crippen molar-refractivity contribution in [1.82, 2.24) is 0 Å². The maximum absolute atomic E-state index is 11.5. The largest absolute Gasteiger partial charge is 0.465 e. The Labute approximate surface area is 110 Å². The van der Waals surface area contributed by atoms with Crippen molar-refractivity contribution in [2.24, 2.45) is 0 Å². The smallest absolute Gasteiger partial charge is 0.325 e. The van der Waals surface area contributed by atoms with Gasteiger partial charge in [-0.1, -0.05) is 15.9 Å². The molecule has 0 atom stereocenters. The van der Waals surface area contributed by atoms with E-state index in [-0.39, 0.29) is 5.97 Å². The number of aryl methyl sites for hydroxylation is 1. The molecule has 92 valence electrons. The molecule has 1 aliphatic rings. The average molecular weight is 298 g/mol. The summed E-state index contributed by atoms with van der Waals surface area (Å²) in [6.07, 6.45) is 2.16. The van der Waals surface area contributed by atoms with Crippen LogP contribution in [0.15, 0.2) is 22.7 Å². The molecule has 0 fully saturated rings. The number of hydrogen-bond acceptors (Lipinski definition) is 3. The fourth-order valence-corrected chi connectivity index (χ4v) is 2.58. The number of anilines is 1. The highest BCUT2D eigenvalue weighted by molar-refractivity contribution is 9.10. The van der Waals surface area contributed by atoms with Crippen LogP contribution in [0.25, 0.3) is 0 Å². The van der Waals surface area contributed by atoms with Crippen molar-refractivity contribution < 1.29 is 9.53 Å². The molecular formula is C13H16BrNO2. The quantitative estimate of drug-likeness (QED) is 0.804. The fourth-order valence-electron chi connectivity index (χ4n) is 2.17. The number of ether oxygens (including phenoxy) is 1. The molecule has 0 radical (unpaired) electrons. The van der Waals surface area contributed by atoms with Crippen molar-refractivity contribution >= 4 is 27.6 Å². The number of carbonyl (C=O) groups is 1. The minimum Gasteiger partial charge on any atom is -0.465 e. The second-order valence-corrected chi connectivity index (χ2v) is 5.02. The predicted molar refractivity (Wildman–Crippen MR) is 71.3 cm³/mol. The van der Waals surface area contributed by atoms with Gasteiger partial charge in [0.2, 0.25) is 0 Å². The molecule has 0 saturated heterocycles. The Bertz CT molecular complexity index is 420. The molecule has 3 nitrogen and oxygen atoms in total. The van der Waals surface area contributed by atoms with Gasteiger partial charge in [-0.05, 0) is 43.5 Å². The van der Waals surface area contributed by atoms with E-state index in [1.165, 1.54) is 5.56 Å². The van der Waals surface area contributed by atoms with E-state index in [0.717, 1.165) is 29.5 Å². The van der Waals surface area contributed by atoms with E-state index in [0.29, 0.717) is 13.2 Å². The van der Waals surface area contributed by atoms with Crippen LogP contribution in [-0.4, -0.2) is 25.7 Å². The Morgan fingerprint density at radius 3 is 3.12 bits per heavy atom. The zero-order chi connectivity index (χ0) is 12.3. The summed E-state index contributed by atoms with van der Waals surface area (Å²) in [5.74, 6) is -0.150. The second kappa shape index (κ2) is 5.54. The minimum absolute atomic E-state index is 0.150. The van der Waals surface area contributed by atoms with Crippen LogP contribution >= 0.6 is 15.9 Å². The van der Waals surface area contributed by atoms with E-state index in [4.69, 9.17) is 4.74 Å². The van der Waals surface area contributed by atoms with Crippen molar-refractivity contribution in [3.05, 3.63) is 28.2 Å². The van der Waals surface area contributed by atoms with E-state index >= 15 is 0 Å². The first-order chi connectivity index (χ1) is 8.20. The molecule has 0 N–H and O–H groups in total. The summed E-state index contributed by atoms with van der Waals surface area (Å²) in [6.45, 7) is 3.55. The van der Waals surface area contributed by atoms with Crippen LogP contribution in [0, 0.1) is 0 Å². The molecule has 0 unspecified atom stereocenters. The SMILES string of the molecule is CCOC(=O)CN1CCCc2cc(Br)ccc21. The summed E-state index contributed by atoms with van der Waals surface area (Å²) in [6, 6.07) is 6.22. The zero-order valence-corrected chi connectivity index (χ0v) is 11.5. The molecule has 1 heterocycles. The van der Waals surface area contributed by atoms with E-state index in [1.807, 2.05) is 13.0 Å². The van der Waals surface area contributed by atoms with Gasteiger partial charge >= 0.3 is 5.97 Å². The first-order valence-electron chi connectivity index (χ1n) is 5.89. The predicted octanol–water partition coefficient (Wildman–Crippen LogP) is 2.76. The zero-order valence-electron chi connectivity index (χ0n) is 9.91. The number of carbonyl (C=O) groups excluding carboxylic acids is 1. The second-order valence-electron chi connectivity index (χ2n) is 4.10. The van der Waals surface area contributed by atoms with Crippen LogP contribution in [0.1, 0.15) is 18.9 Å². The number of fused-ring (bicyclic) bond motifs is 1. The van der Waals surface area contributed by atoms with Gasteiger partial charge < -0.3 is 9.64 Å². The van der Waals surface area contributed by atoms with Gasteiger partial charge in [0.15, 0.2) is 0 Å². The fraction of sp³-hybridized carbons (Fsp3) is 0.462. The van der Waals surface area contributed by atoms with Crippen LogP contribution < -0.4 is 4.90 Å². The Morgan fingerprint density at radius 2 is 2.35 bits per heavy atom. The Kier molecular flexibility index (Phi) is 4.05. The number of halogens is 1. The lowest BCUT2D eigenvalue weighted by Crippen LogP contribution is -2.35. The van der Waals surface area contributed by atoms with Gasteiger partial charge in [0, 0.05) is 16.7 Å². The number of rotatable bonds is 3. The summed E-state index contributed by atoms with van der Waals surface area (Å²) in [5, 5.41) is 0. The molecular weight excluding hydrogens is 282 g/mol. The Hall–Kier alpha value is -1.03. The Morgan fingerprint density at radius 1 is 1.53 bits per heavy atom. The van der Waals surface area contributed by atoms with Crippen LogP contribution in [0.4, 0.5) is 5.69 Å². The van der Waals surface area contributed by atoms with E-state index in [9.17, 15) is 4.79 Å². The third kappa shape index (κ3) is 3.00. The van der Waals surface area contributed by atoms with Gasteiger partial charge in [0.05, 0.1) is 6.61 Å². The third-order valence-corrected chi connectivity index (χ3v) is 3.37. The van der Waals surface area contributed by atoms with Crippen molar-refractivity contribution in [2.45, 2.75) is 19.8 Å². The molecule has 17 heavy (non-hydrogen) atoms. The molecule has 4 heteroatoms. The molecule has 1 aromatic rings. The lowest BCUT2D eigenvalue weighted by molar-refractivity contribution is -0.141. The molecule has 1 aromatic carbocycles. The highest BCUT2D eigenvalue weighted by Crippen LogP contribution is 2.29. The molecule has 0 amide bonds. The maximum Gasteiger partial charge on any atom is 0.325 e. The molecule has 0 saturated carbocycles. The van der Waals surface area contributed by atoms with Gasteiger partial charge in [-0.3, -0.25) is 4.79 Å². The molecule has 0 bridgehead atoms. The maximum atomic E-state index is 11.5. The average Bonchev–Trinajstić information content (AvgIpc) is 2.29. The van der Waals surface area contributed by atoms with Crippen molar-refractivity contribution in [2.75, 3.05) is 24.6 Å². The molecule has 0 aromatic heterocycles. The number of esters is 1. The molecule has 1 aliphatic heterocycles. The summed E-state index contributed by atoms with van der Waals surface area (Å²) >= 11 is 3.48. The highest BCUT2D eigenvalue weighted by atomic mass is 79.9. The third-order valence-electron chi connectivity index (χ3n) is 2.88. The van der Waals surface area contributed by atoms with Crippen LogP contribution in [0.2, 0.25) is 0 Å². The van der Waals surface area contributed by atoms with E-state index in [2.05, 4.69) is 33.0 Å². The monoisotopic (exact) mass is 297 g/mol. The lowest BCUT2D eigenvalue weighted by Gasteiger charge is -2.30. The number of benzene rings is 1. The van der Waals surface area contributed by atoms with Gasteiger partial charge in [0.25, 0.3) is 0 Å². The molecule has 0 aliphatic carbocycles. The van der Waals surface area contributed by atoms with Crippen LogP contribution in [0.5, 0.6) is 0 Å². The number of hydrogen-bond donors (Lipinski definition) is 0.